The number of nitrogens with two attached hydrogens (primary N) is 1. The van der Waals surface area contributed by atoms with Gasteiger partial charge in [0.15, 0.2) is 0 Å². The molecule has 0 aliphatic heterocycles. The van der Waals surface area contributed by atoms with Crippen LogP contribution in [0, 0.1) is 20.8 Å². The zero-order chi connectivity index (χ0) is 15.4. The van der Waals surface area contributed by atoms with Crippen LogP contribution in [0.3, 0.4) is 0 Å². The molecule has 0 bridgehead atoms. The molecule has 0 saturated carbocycles. The second kappa shape index (κ2) is 6.68. The number of benzene rings is 2. The van der Waals surface area contributed by atoms with Gasteiger partial charge in [-0.2, -0.15) is 0 Å². The van der Waals surface area contributed by atoms with Gasteiger partial charge in [-0.3, -0.25) is 4.79 Å². The van der Waals surface area contributed by atoms with E-state index in [0.717, 1.165) is 21.8 Å². The van der Waals surface area contributed by atoms with E-state index in [1.807, 2.05) is 50.2 Å². The molecule has 2 rings (SSSR count). The highest BCUT2D eigenvalue weighted by Crippen LogP contribution is 2.25. The number of aryl methyl sites for hydroxylation is 3. The number of nitrogen functional groups attached to an aromatic ring is 1. The monoisotopic (exact) mass is 300 g/mol. The molecule has 0 aromatic heterocycles. The maximum absolute atomic E-state index is 12.0. The number of amides is 1. The van der Waals surface area contributed by atoms with Gasteiger partial charge >= 0.3 is 0 Å². The largest absolute Gasteiger partial charge is 0.399 e. The number of carbonyl (C=O) groups excluding carboxylic acids is 1. The summed E-state index contributed by atoms with van der Waals surface area (Å²) in [6.45, 7) is 6.11. The second-order valence-electron chi connectivity index (χ2n) is 5.16. The third kappa shape index (κ3) is 4.26. The van der Waals surface area contributed by atoms with E-state index in [1.54, 1.807) is 0 Å². The average Bonchev–Trinajstić information content (AvgIpc) is 2.44. The molecule has 21 heavy (non-hydrogen) atoms. The first-order valence-corrected chi connectivity index (χ1v) is 7.80. The minimum Gasteiger partial charge on any atom is -0.399 e. The highest BCUT2D eigenvalue weighted by atomic mass is 32.2. The van der Waals surface area contributed by atoms with Crippen LogP contribution < -0.4 is 11.1 Å². The Bertz CT molecular complexity index is 668. The van der Waals surface area contributed by atoms with E-state index in [1.165, 1.54) is 22.9 Å². The molecule has 0 heterocycles. The molecular weight excluding hydrogens is 280 g/mol. The summed E-state index contributed by atoms with van der Waals surface area (Å²) < 4.78 is 0. The average molecular weight is 300 g/mol. The first-order valence-electron chi connectivity index (χ1n) is 6.82. The molecule has 0 radical (unpaired) electrons. The van der Waals surface area contributed by atoms with Crippen molar-refractivity contribution in [3.8, 4) is 0 Å². The normalized spacial score (nSPS) is 10.4. The van der Waals surface area contributed by atoms with Gasteiger partial charge in [-0.25, -0.2) is 0 Å². The maximum Gasteiger partial charge on any atom is 0.234 e. The van der Waals surface area contributed by atoms with Gasteiger partial charge in [0.1, 0.15) is 0 Å². The van der Waals surface area contributed by atoms with E-state index in [0.29, 0.717) is 5.75 Å². The summed E-state index contributed by atoms with van der Waals surface area (Å²) in [7, 11) is 0. The molecule has 0 fully saturated rings. The van der Waals surface area contributed by atoms with Crippen LogP contribution in [0.15, 0.2) is 41.3 Å². The number of hydrogen-bond donors (Lipinski definition) is 2. The standard InChI is InChI=1S/C17H20N2OS/c1-11-5-7-15(8-13(11)3)19-17(20)10-21-16-9-14(18)6-4-12(16)2/h4-9H,10,18H2,1-3H3,(H,19,20). The van der Waals surface area contributed by atoms with E-state index in [-0.39, 0.29) is 5.91 Å². The molecule has 0 aliphatic rings. The highest BCUT2D eigenvalue weighted by Gasteiger charge is 2.06. The number of anilines is 2. The molecule has 0 aliphatic carbocycles. The van der Waals surface area contributed by atoms with Gasteiger partial charge in [-0.1, -0.05) is 12.1 Å². The lowest BCUT2D eigenvalue weighted by atomic mass is 10.1. The van der Waals surface area contributed by atoms with Gasteiger partial charge < -0.3 is 11.1 Å². The van der Waals surface area contributed by atoms with Crippen LogP contribution in [0.5, 0.6) is 0 Å². The third-order valence-corrected chi connectivity index (χ3v) is 4.52. The molecule has 0 atom stereocenters. The molecular formula is C17H20N2OS. The molecule has 110 valence electrons. The second-order valence-corrected chi connectivity index (χ2v) is 6.18. The molecule has 0 unspecified atom stereocenters. The number of rotatable bonds is 4. The Balaban J connectivity index is 1.95. The van der Waals surface area contributed by atoms with Crippen LogP contribution >= 0.6 is 11.8 Å². The van der Waals surface area contributed by atoms with Crippen molar-refractivity contribution in [2.75, 3.05) is 16.8 Å². The Morgan fingerprint density at radius 2 is 1.76 bits per heavy atom. The first kappa shape index (κ1) is 15.4. The Labute approximate surface area is 129 Å². The van der Waals surface area contributed by atoms with E-state index in [4.69, 9.17) is 5.73 Å². The molecule has 0 spiro atoms. The molecule has 4 heteroatoms. The van der Waals surface area contributed by atoms with Gasteiger partial charge in [0.05, 0.1) is 5.75 Å². The van der Waals surface area contributed by atoms with Gasteiger partial charge in [0.2, 0.25) is 5.91 Å². The van der Waals surface area contributed by atoms with Gasteiger partial charge in [-0.15, -0.1) is 11.8 Å². The van der Waals surface area contributed by atoms with Crippen LogP contribution in [0.25, 0.3) is 0 Å². The lowest BCUT2D eigenvalue weighted by Crippen LogP contribution is -2.14. The van der Waals surface area contributed by atoms with Crippen molar-refractivity contribution in [2.24, 2.45) is 0 Å². The minimum atomic E-state index is -0.00919. The Hall–Kier alpha value is -1.94. The SMILES string of the molecule is Cc1ccc(NC(=O)CSc2cc(N)ccc2C)cc1C. The quantitative estimate of drug-likeness (QED) is 0.664. The summed E-state index contributed by atoms with van der Waals surface area (Å²) >= 11 is 1.50. The van der Waals surface area contributed by atoms with Crippen LogP contribution in [-0.4, -0.2) is 11.7 Å². The summed E-state index contributed by atoms with van der Waals surface area (Å²) in [6, 6.07) is 11.7. The van der Waals surface area contributed by atoms with Gasteiger partial charge in [-0.05, 0) is 61.7 Å². The summed E-state index contributed by atoms with van der Waals surface area (Å²) in [5.41, 5.74) is 10.9. The summed E-state index contributed by atoms with van der Waals surface area (Å²) in [6.07, 6.45) is 0. The van der Waals surface area contributed by atoms with Crippen molar-refractivity contribution in [3.63, 3.8) is 0 Å². The van der Waals surface area contributed by atoms with Crippen LogP contribution in [0.4, 0.5) is 11.4 Å². The molecule has 3 N–H and O–H groups in total. The predicted molar refractivity (Wildman–Crippen MR) is 90.9 cm³/mol. The lowest BCUT2D eigenvalue weighted by molar-refractivity contribution is -0.113. The fourth-order valence-corrected chi connectivity index (χ4v) is 2.81. The van der Waals surface area contributed by atoms with Crippen molar-refractivity contribution in [3.05, 3.63) is 53.1 Å². The van der Waals surface area contributed by atoms with E-state index in [9.17, 15) is 4.79 Å². The zero-order valence-corrected chi connectivity index (χ0v) is 13.4. The molecule has 0 saturated heterocycles. The molecule has 1 amide bonds. The first-order chi connectivity index (χ1) is 9.95. The van der Waals surface area contributed by atoms with Crippen molar-refractivity contribution >= 4 is 29.0 Å². The van der Waals surface area contributed by atoms with Gasteiger partial charge in [0, 0.05) is 16.3 Å². The van der Waals surface area contributed by atoms with Crippen molar-refractivity contribution in [1.82, 2.24) is 0 Å². The topological polar surface area (TPSA) is 55.1 Å². The number of thioether (sulfide) groups is 1. The lowest BCUT2D eigenvalue weighted by Gasteiger charge is -2.09. The smallest absolute Gasteiger partial charge is 0.234 e. The summed E-state index contributed by atoms with van der Waals surface area (Å²) in [4.78, 5) is 13.1. The van der Waals surface area contributed by atoms with E-state index >= 15 is 0 Å². The Morgan fingerprint density at radius 3 is 2.48 bits per heavy atom. The number of carbonyl (C=O) groups is 1. The Kier molecular flexibility index (Phi) is 4.91. The zero-order valence-electron chi connectivity index (χ0n) is 12.6. The van der Waals surface area contributed by atoms with Gasteiger partial charge in [0.25, 0.3) is 0 Å². The van der Waals surface area contributed by atoms with Crippen LogP contribution in [0.1, 0.15) is 16.7 Å². The fourth-order valence-electron chi connectivity index (χ4n) is 1.93. The third-order valence-electron chi connectivity index (χ3n) is 3.36. The summed E-state index contributed by atoms with van der Waals surface area (Å²) in [5.74, 6) is 0.363. The minimum absolute atomic E-state index is 0.00919. The molecule has 3 nitrogen and oxygen atoms in total. The van der Waals surface area contributed by atoms with Crippen LogP contribution in [0.2, 0.25) is 0 Å². The number of nitrogens with one attached hydrogen (secondary N) is 1. The predicted octanol–water partition coefficient (Wildman–Crippen LogP) is 3.92. The van der Waals surface area contributed by atoms with Crippen molar-refractivity contribution in [2.45, 2.75) is 25.7 Å². The van der Waals surface area contributed by atoms with E-state index in [2.05, 4.69) is 12.2 Å². The summed E-state index contributed by atoms with van der Waals surface area (Å²) in [5, 5.41) is 2.92. The Morgan fingerprint density at radius 1 is 1.05 bits per heavy atom. The van der Waals surface area contributed by atoms with Crippen LogP contribution in [-0.2, 0) is 4.79 Å². The van der Waals surface area contributed by atoms with E-state index < -0.39 is 0 Å². The molecule has 2 aromatic rings. The number of hydrogen-bond acceptors (Lipinski definition) is 3. The fraction of sp³-hybridized carbons (Fsp3) is 0.235. The highest BCUT2D eigenvalue weighted by molar-refractivity contribution is 8.00. The molecule has 2 aromatic carbocycles. The maximum atomic E-state index is 12.0. The van der Waals surface area contributed by atoms with Crippen molar-refractivity contribution < 1.29 is 4.79 Å². The van der Waals surface area contributed by atoms with Crippen molar-refractivity contribution in [1.29, 1.82) is 0 Å².